The number of rotatable bonds is 3. The van der Waals surface area contributed by atoms with E-state index in [1.54, 1.807) is 0 Å². The van der Waals surface area contributed by atoms with Crippen LogP contribution in [-0.4, -0.2) is 12.4 Å². The van der Waals surface area contributed by atoms with Crippen molar-refractivity contribution >= 4 is 28.6 Å². The summed E-state index contributed by atoms with van der Waals surface area (Å²) in [6, 6.07) is 6.00. The van der Waals surface area contributed by atoms with Crippen LogP contribution >= 0.6 is 28.6 Å². The first-order valence-electron chi connectivity index (χ1n) is 3.74. The molecule has 1 nitrogen and oxygen atoms in total. The van der Waals surface area contributed by atoms with E-state index in [-0.39, 0.29) is 0 Å². The first kappa shape index (κ1) is 9.93. The van der Waals surface area contributed by atoms with E-state index in [4.69, 9.17) is 4.74 Å². The molecule has 0 atom stereocenters. The third-order valence-electron chi connectivity index (χ3n) is 1.50. The fraction of sp³-hybridized carbons (Fsp3) is 0.333. The van der Waals surface area contributed by atoms with Crippen LogP contribution in [0.25, 0.3) is 0 Å². The Morgan fingerprint density at radius 1 is 1.50 bits per heavy atom. The molecule has 3 heteroatoms. The van der Waals surface area contributed by atoms with Gasteiger partial charge in [0.2, 0.25) is 0 Å². The van der Waals surface area contributed by atoms with Gasteiger partial charge in [0.05, 0.1) is 6.61 Å². The van der Waals surface area contributed by atoms with E-state index in [0.29, 0.717) is 6.61 Å². The van der Waals surface area contributed by atoms with Crippen molar-refractivity contribution in [1.82, 2.24) is 0 Å². The molecule has 12 heavy (non-hydrogen) atoms. The van der Waals surface area contributed by atoms with E-state index in [9.17, 15) is 0 Å². The van der Waals surface area contributed by atoms with E-state index in [2.05, 4.69) is 28.6 Å². The highest BCUT2D eigenvalue weighted by Gasteiger charge is 1.98. The molecule has 1 rings (SSSR count). The summed E-state index contributed by atoms with van der Waals surface area (Å²) < 4.78 is 6.50. The minimum atomic E-state index is 0.653. The van der Waals surface area contributed by atoms with Crippen LogP contribution in [0.15, 0.2) is 22.7 Å². The zero-order valence-electron chi connectivity index (χ0n) is 6.88. The van der Waals surface area contributed by atoms with Crippen LogP contribution in [0.2, 0.25) is 0 Å². The average Bonchev–Trinajstić information content (AvgIpc) is 2.07. The summed E-state index contributed by atoms with van der Waals surface area (Å²) in [6.07, 6.45) is 0. The minimum Gasteiger partial charge on any atom is -0.492 e. The lowest BCUT2D eigenvalue weighted by atomic mass is 10.2. The molecule has 0 radical (unpaired) electrons. The zero-order chi connectivity index (χ0) is 8.97. The number of thiol groups is 1. The Labute approximate surface area is 86.7 Å². The van der Waals surface area contributed by atoms with Gasteiger partial charge in [-0.2, -0.15) is 12.6 Å². The molecule has 0 saturated heterocycles. The van der Waals surface area contributed by atoms with Gasteiger partial charge in [0.15, 0.2) is 0 Å². The van der Waals surface area contributed by atoms with Crippen LogP contribution in [-0.2, 0) is 0 Å². The second-order valence-corrected chi connectivity index (χ2v) is 3.84. The zero-order valence-corrected chi connectivity index (χ0v) is 9.36. The van der Waals surface area contributed by atoms with E-state index in [0.717, 1.165) is 21.5 Å². The molecule has 0 spiro atoms. The molecular formula is C9H11BrOS. The van der Waals surface area contributed by atoms with Crippen LogP contribution in [0.5, 0.6) is 5.75 Å². The highest BCUT2D eigenvalue weighted by atomic mass is 79.9. The third-order valence-corrected chi connectivity index (χ3v) is 2.17. The number of ether oxygens (including phenoxy) is 1. The molecule has 0 saturated carbocycles. The quantitative estimate of drug-likeness (QED) is 0.807. The summed E-state index contributed by atoms with van der Waals surface area (Å²) in [5, 5.41) is 0. The van der Waals surface area contributed by atoms with Gasteiger partial charge in [0, 0.05) is 10.2 Å². The van der Waals surface area contributed by atoms with E-state index in [1.807, 2.05) is 25.1 Å². The highest BCUT2D eigenvalue weighted by molar-refractivity contribution is 9.10. The number of aryl methyl sites for hydroxylation is 1. The molecular weight excluding hydrogens is 236 g/mol. The Hall–Kier alpha value is -0.150. The first-order chi connectivity index (χ1) is 5.74. The molecule has 1 aromatic carbocycles. The predicted octanol–water partition coefficient (Wildman–Crippen LogP) is 3.07. The van der Waals surface area contributed by atoms with Crippen LogP contribution in [0.3, 0.4) is 0 Å². The molecule has 0 fully saturated rings. The monoisotopic (exact) mass is 246 g/mol. The van der Waals surface area contributed by atoms with Gasteiger partial charge in [0.25, 0.3) is 0 Å². The largest absolute Gasteiger partial charge is 0.492 e. The standard InChI is InChI=1S/C9H11BrOS/c1-7-2-3-8(10)6-9(7)11-4-5-12/h2-3,6,12H,4-5H2,1H3. The van der Waals surface area contributed by atoms with Crippen LogP contribution in [0, 0.1) is 6.92 Å². The molecule has 1 aromatic rings. The van der Waals surface area contributed by atoms with Crippen molar-refractivity contribution in [3.63, 3.8) is 0 Å². The fourth-order valence-corrected chi connectivity index (χ4v) is 1.32. The SMILES string of the molecule is Cc1ccc(Br)cc1OCCS. The Balaban J connectivity index is 2.75. The second-order valence-electron chi connectivity index (χ2n) is 2.48. The smallest absolute Gasteiger partial charge is 0.123 e. The van der Waals surface area contributed by atoms with Gasteiger partial charge in [-0.15, -0.1) is 0 Å². The lowest BCUT2D eigenvalue weighted by Gasteiger charge is -2.07. The van der Waals surface area contributed by atoms with Crippen molar-refractivity contribution < 1.29 is 4.74 Å². The number of hydrogen-bond acceptors (Lipinski definition) is 2. The van der Waals surface area contributed by atoms with Crippen molar-refractivity contribution in [3.8, 4) is 5.75 Å². The molecule has 66 valence electrons. The van der Waals surface area contributed by atoms with E-state index in [1.165, 1.54) is 0 Å². The molecule has 0 bridgehead atoms. The summed E-state index contributed by atoms with van der Waals surface area (Å²) in [4.78, 5) is 0. The maximum Gasteiger partial charge on any atom is 0.123 e. The molecule has 0 aliphatic heterocycles. The third kappa shape index (κ3) is 2.72. The normalized spacial score (nSPS) is 9.92. The predicted molar refractivity (Wildman–Crippen MR) is 58.2 cm³/mol. The summed E-state index contributed by atoms with van der Waals surface area (Å²) in [5.41, 5.74) is 1.15. The number of halogens is 1. The Kier molecular flexibility index (Phi) is 3.95. The van der Waals surface area contributed by atoms with Gasteiger partial charge >= 0.3 is 0 Å². The van der Waals surface area contributed by atoms with Crippen molar-refractivity contribution in [2.75, 3.05) is 12.4 Å². The number of hydrogen-bond donors (Lipinski definition) is 1. The Morgan fingerprint density at radius 2 is 2.25 bits per heavy atom. The van der Waals surface area contributed by atoms with Crippen LogP contribution < -0.4 is 4.74 Å². The van der Waals surface area contributed by atoms with Crippen molar-refractivity contribution in [2.24, 2.45) is 0 Å². The fourth-order valence-electron chi connectivity index (χ4n) is 0.885. The molecule has 0 N–H and O–H groups in total. The van der Waals surface area contributed by atoms with Gasteiger partial charge in [-0.25, -0.2) is 0 Å². The summed E-state index contributed by atoms with van der Waals surface area (Å²) in [6.45, 7) is 2.68. The lowest BCUT2D eigenvalue weighted by Crippen LogP contribution is -1.99. The van der Waals surface area contributed by atoms with Gasteiger partial charge < -0.3 is 4.74 Å². The summed E-state index contributed by atoms with van der Waals surface area (Å²) in [7, 11) is 0. The molecule has 0 aromatic heterocycles. The minimum absolute atomic E-state index is 0.653. The average molecular weight is 247 g/mol. The summed E-state index contributed by atoms with van der Waals surface area (Å²) >= 11 is 7.46. The van der Waals surface area contributed by atoms with Crippen LogP contribution in [0.4, 0.5) is 0 Å². The molecule has 0 aliphatic carbocycles. The Bertz CT molecular complexity index is 263. The molecule has 0 heterocycles. The van der Waals surface area contributed by atoms with Gasteiger partial charge in [-0.1, -0.05) is 22.0 Å². The van der Waals surface area contributed by atoms with Crippen molar-refractivity contribution in [2.45, 2.75) is 6.92 Å². The highest BCUT2D eigenvalue weighted by Crippen LogP contribution is 2.22. The summed E-state index contributed by atoms with van der Waals surface area (Å²) in [5.74, 6) is 1.67. The van der Waals surface area contributed by atoms with Gasteiger partial charge in [-0.3, -0.25) is 0 Å². The molecule has 0 amide bonds. The van der Waals surface area contributed by atoms with Crippen molar-refractivity contribution in [1.29, 1.82) is 0 Å². The van der Waals surface area contributed by atoms with E-state index >= 15 is 0 Å². The maximum absolute atomic E-state index is 5.46. The van der Waals surface area contributed by atoms with E-state index < -0.39 is 0 Å². The molecule has 0 aliphatic rings. The maximum atomic E-state index is 5.46. The van der Waals surface area contributed by atoms with Crippen LogP contribution in [0.1, 0.15) is 5.56 Å². The first-order valence-corrected chi connectivity index (χ1v) is 5.16. The topological polar surface area (TPSA) is 9.23 Å². The molecule has 0 unspecified atom stereocenters. The second kappa shape index (κ2) is 4.77. The van der Waals surface area contributed by atoms with Gasteiger partial charge in [-0.05, 0) is 24.6 Å². The van der Waals surface area contributed by atoms with Gasteiger partial charge in [0.1, 0.15) is 5.75 Å². The Morgan fingerprint density at radius 3 is 2.92 bits per heavy atom. The number of benzene rings is 1. The van der Waals surface area contributed by atoms with Crippen molar-refractivity contribution in [3.05, 3.63) is 28.2 Å². The lowest BCUT2D eigenvalue weighted by molar-refractivity contribution is 0.341.